The van der Waals surface area contributed by atoms with Gasteiger partial charge >= 0.3 is 0 Å². The van der Waals surface area contributed by atoms with Gasteiger partial charge in [0.05, 0.1) is 21.7 Å². The Balaban J connectivity index is 2.46. The number of Topliss-reactive ketones (excluding diaryl/α,β-unsaturated/α-hetero) is 1. The predicted octanol–water partition coefficient (Wildman–Crippen LogP) is 5.08. The summed E-state index contributed by atoms with van der Waals surface area (Å²) in [5.74, 6) is 0.836. The van der Waals surface area contributed by atoms with E-state index in [1.807, 2.05) is 18.2 Å². The van der Waals surface area contributed by atoms with Crippen LogP contribution in [0.3, 0.4) is 0 Å². The van der Waals surface area contributed by atoms with Gasteiger partial charge in [-0.05, 0) is 59.3 Å². The molecule has 0 radical (unpaired) electrons. The van der Waals surface area contributed by atoms with Crippen molar-refractivity contribution >= 4 is 37.6 Å². The minimum absolute atomic E-state index is 0.113. The molecule has 0 aromatic heterocycles. The van der Waals surface area contributed by atoms with E-state index in [0.29, 0.717) is 22.6 Å². The van der Waals surface area contributed by atoms with Gasteiger partial charge in [-0.3, -0.25) is 4.79 Å². The number of rotatable bonds is 3. The van der Waals surface area contributed by atoms with Crippen molar-refractivity contribution in [3.8, 4) is 17.6 Å². The molecule has 2 aromatic rings. The topological polar surface area (TPSA) is 50.1 Å². The van der Waals surface area contributed by atoms with Gasteiger partial charge in [-0.1, -0.05) is 15.9 Å². The smallest absolute Gasteiger partial charge is 0.163 e. The molecule has 0 unspecified atom stereocenters. The summed E-state index contributed by atoms with van der Waals surface area (Å²) in [4.78, 5) is 11.6. The molecule has 0 spiro atoms. The minimum atomic E-state index is -0.113. The first-order valence-electron chi connectivity index (χ1n) is 5.69. The molecule has 0 heterocycles. The second-order valence-corrected chi connectivity index (χ2v) is 5.83. The molecule has 0 N–H and O–H groups in total. The van der Waals surface area contributed by atoms with Crippen molar-refractivity contribution in [2.75, 3.05) is 0 Å². The van der Waals surface area contributed by atoms with Gasteiger partial charge < -0.3 is 4.74 Å². The standard InChI is InChI=1S/C15H9Br2NO2/c1-9(19)12-4-2-10(8-18)6-15(12)20-14-5-3-11(16)7-13(14)17/h2-7H,1H3. The van der Waals surface area contributed by atoms with E-state index in [2.05, 4.69) is 31.9 Å². The van der Waals surface area contributed by atoms with Crippen LogP contribution < -0.4 is 4.74 Å². The van der Waals surface area contributed by atoms with E-state index in [-0.39, 0.29) is 5.78 Å². The number of ether oxygens (including phenoxy) is 1. The van der Waals surface area contributed by atoms with Gasteiger partial charge in [-0.2, -0.15) is 5.26 Å². The van der Waals surface area contributed by atoms with Crippen LogP contribution in [0.15, 0.2) is 45.3 Å². The fourth-order valence-corrected chi connectivity index (χ4v) is 2.77. The van der Waals surface area contributed by atoms with Crippen molar-refractivity contribution in [1.82, 2.24) is 0 Å². The molecule has 0 aliphatic heterocycles. The Labute approximate surface area is 133 Å². The van der Waals surface area contributed by atoms with Gasteiger partial charge in [0.1, 0.15) is 11.5 Å². The number of nitrogens with zero attached hydrogens (tertiary/aromatic N) is 1. The Kier molecular flexibility index (Phi) is 4.58. The molecule has 0 bridgehead atoms. The number of ketones is 1. The zero-order chi connectivity index (χ0) is 14.7. The third-order valence-electron chi connectivity index (χ3n) is 2.60. The monoisotopic (exact) mass is 393 g/mol. The Bertz CT molecular complexity index is 720. The molecular formula is C15H9Br2NO2. The molecular weight excluding hydrogens is 386 g/mol. The van der Waals surface area contributed by atoms with Crippen LogP contribution in [0.5, 0.6) is 11.5 Å². The molecule has 20 heavy (non-hydrogen) atoms. The lowest BCUT2D eigenvalue weighted by Crippen LogP contribution is -1.98. The Morgan fingerprint density at radius 2 is 1.90 bits per heavy atom. The van der Waals surface area contributed by atoms with Crippen molar-refractivity contribution in [3.05, 3.63) is 56.5 Å². The second-order valence-electron chi connectivity index (χ2n) is 4.06. The largest absolute Gasteiger partial charge is 0.455 e. The zero-order valence-electron chi connectivity index (χ0n) is 10.5. The lowest BCUT2D eigenvalue weighted by molar-refractivity contribution is 0.101. The molecule has 2 aromatic carbocycles. The van der Waals surface area contributed by atoms with Crippen LogP contribution >= 0.6 is 31.9 Å². The number of halogens is 2. The summed E-state index contributed by atoms with van der Waals surface area (Å²) in [6.45, 7) is 1.46. The maximum Gasteiger partial charge on any atom is 0.163 e. The van der Waals surface area contributed by atoms with E-state index in [1.54, 1.807) is 24.3 Å². The Morgan fingerprint density at radius 1 is 1.15 bits per heavy atom. The third-order valence-corrected chi connectivity index (χ3v) is 3.72. The molecule has 5 heteroatoms. The average Bonchev–Trinajstić information content (AvgIpc) is 2.41. The van der Waals surface area contributed by atoms with Crippen LogP contribution in [0.25, 0.3) is 0 Å². The summed E-state index contributed by atoms with van der Waals surface area (Å²) in [6.07, 6.45) is 0. The zero-order valence-corrected chi connectivity index (χ0v) is 13.7. The summed E-state index contributed by atoms with van der Waals surface area (Å²) < 4.78 is 7.42. The maximum absolute atomic E-state index is 11.6. The summed E-state index contributed by atoms with van der Waals surface area (Å²) >= 11 is 6.76. The first-order valence-corrected chi connectivity index (χ1v) is 7.28. The fourth-order valence-electron chi connectivity index (χ4n) is 1.64. The molecule has 0 atom stereocenters. The van der Waals surface area contributed by atoms with Gasteiger partial charge in [-0.15, -0.1) is 0 Å². The molecule has 0 amide bonds. The number of carbonyl (C=O) groups excluding carboxylic acids is 1. The first-order chi connectivity index (χ1) is 9.51. The highest BCUT2D eigenvalue weighted by atomic mass is 79.9. The van der Waals surface area contributed by atoms with Gasteiger partial charge in [0.15, 0.2) is 5.78 Å². The number of nitriles is 1. The highest BCUT2D eigenvalue weighted by Gasteiger charge is 2.12. The van der Waals surface area contributed by atoms with Crippen molar-refractivity contribution in [1.29, 1.82) is 5.26 Å². The Morgan fingerprint density at radius 3 is 2.50 bits per heavy atom. The van der Waals surface area contributed by atoms with Gasteiger partial charge in [-0.25, -0.2) is 0 Å². The van der Waals surface area contributed by atoms with Gasteiger partial charge in [0.2, 0.25) is 0 Å². The van der Waals surface area contributed by atoms with Crippen molar-refractivity contribution in [2.24, 2.45) is 0 Å². The first kappa shape index (κ1) is 14.8. The quantitative estimate of drug-likeness (QED) is 0.682. The molecule has 0 fully saturated rings. The number of hydrogen-bond acceptors (Lipinski definition) is 3. The van der Waals surface area contributed by atoms with E-state index < -0.39 is 0 Å². The second kappa shape index (κ2) is 6.21. The molecule has 2 rings (SSSR count). The molecule has 0 saturated carbocycles. The summed E-state index contributed by atoms with van der Waals surface area (Å²) in [6, 6.07) is 12.2. The number of hydrogen-bond donors (Lipinski definition) is 0. The van der Waals surface area contributed by atoms with Gasteiger partial charge in [0.25, 0.3) is 0 Å². The van der Waals surface area contributed by atoms with Crippen molar-refractivity contribution in [2.45, 2.75) is 6.92 Å². The van der Waals surface area contributed by atoms with Crippen molar-refractivity contribution < 1.29 is 9.53 Å². The maximum atomic E-state index is 11.6. The van der Waals surface area contributed by atoms with Crippen LogP contribution in [-0.2, 0) is 0 Å². The van der Waals surface area contributed by atoms with Crippen LogP contribution in [0, 0.1) is 11.3 Å². The lowest BCUT2D eigenvalue weighted by atomic mass is 10.1. The van der Waals surface area contributed by atoms with Crippen LogP contribution in [0.2, 0.25) is 0 Å². The third kappa shape index (κ3) is 3.27. The lowest BCUT2D eigenvalue weighted by Gasteiger charge is -2.11. The van der Waals surface area contributed by atoms with Crippen LogP contribution in [-0.4, -0.2) is 5.78 Å². The van der Waals surface area contributed by atoms with E-state index in [1.165, 1.54) is 6.92 Å². The molecule has 0 saturated heterocycles. The van der Waals surface area contributed by atoms with E-state index in [4.69, 9.17) is 10.00 Å². The molecule has 0 aliphatic carbocycles. The van der Waals surface area contributed by atoms with E-state index in [9.17, 15) is 4.79 Å². The number of benzene rings is 2. The van der Waals surface area contributed by atoms with E-state index >= 15 is 0 Å². The van der Waals surface area contributed by atoms with E-state index in [0.717, 1.165) is 8.95 Å². The molecule has 3 nitrogen and oxygen atoms in total. The van der Waals surface area contributed by atoms with Crippen LogP contribution in [0.4, 0.5) is 0 Å². The average molecular weight is 395 g/mol. The minimum Gasteiger partial charge on any atom is -0.455 e. The summed E-state index contributed by atoms with van der Waals surface area (Å²) in [7, 11) is 0. The van der Waals surface area contributed by atoms with Gasteiger partial charge in [0, 0.05) is 4.47 Å². The SMILES string of the molecule is CC(=O)c1ccc(C#N)cc1Oc1ccc(Br)cc1Br. The number of carbonyl (C=O) groups is 1. The highest BCUT2D eigenvalue weighted by Crippen LogP contribution is 2.34. The summed E-state index contributed by atoms with van der Waals surface area (Å²) in [5, 5.41) is 8.94. The summed E-state index contributed by atoms with van der Waals surface area (Å²) in [5.41, 5.74) is 0.886. The molecule has 100 valence electrons. The molecule has 0 aliphatic rings. The van der Waals surface area contributed by atoms with Crippen molar-refractivity contribution in [3.63, 3.8) is 0 Å². The fraction of sp³-hybridized carbons (Fsp3) is 0.0667. The Hall–Kier alpha value is -1.64. The normalized spacial score (nSPS) is 9.90. The van der Waals surface area contributed by atoms with Crippen LogP contribution in [0.1, 0.15) is 22.8 Å². The highest BCUT2D eigenvalue weighted by molar-refractivity contribution is 9.11. The predicted molar refractivity (Wildman–Crippen MR) is 83.1 cm³/mol.